The predicted molar refractivity (Wildman–Crippen MR) is 19.3 cm³/mol. The van der Waals surface area contributed by atoms with E-state index in [0.29, 0.717) is 0 Å². The zero-order chi connectivity index (χ0) is 4.12. The van der Waals surface area contributed by atoms with Crippen LogP contribution in [0, 0.1) is 9.85 Å². The second kappa shape index (κ2) is 4.50. The van der Waals surface area contributed by atoms with Crippen LogP contribution in [0.25, 0.3) is 0 Å². The van der Waals surface area contributed by atoms with Gasteiger partial charge >= 0.3 is 45.3 Å². The Hall–Kier alpha value is 0.495. The van der Waals surface area contributed by atoms with Crippen molar-refractivity contribution in [1.29, 1.82) is 0 Å². The molecule has 0 saturated carbocycles. The Morgan fingerprint density at radius 1 is 2.00 bits per heavy atom. The maximum atomic E-state index is 4.99. The summed E-state index contributed by atoms with van der Waals surface area (Å²) >= 11 is -0.614. The molecule has 0 atom stereocenters. The van der Waals surface area contributed by atoms with Crippen molar-refractivity contribution in [3.8, 4) is 9.85 Å². The average molecular weight is 255 g/mol. The monoisotopic (exact) mass is 256 g/mol. The zero-order valence-electron chi connectivity index (χ0n) is 3.49. The number of rotatable bonds is 1. The summed E-state index contributed by atoms with van der Waals surface area (Å²) in [6.07, 6.45) is 4.99. The van der Waals surface area contributed by atoms with E-state index in [-0.39, 0.29) is 0 Å². The molecular formula is C4H6Hg. The Bertz CT molecular complexity index is 42.1. The molecule has 0 aromatic rings. The zero-order valence-corrected chi connectivity index (χ0v) is 8.99. The van der Waals surface area contributed by atoms with E-state index < -0.39 is 24.6 Å². The molecule has 0 aliphatic heterocycles. The van der Waals surface area contributed by atoms with E-state index in [1.165, 1.54) is 3.93 Å². The molecule has 0 spiro atoms. The van der Waals surface area contributed by atoms with E-state index in [2.05, 4.69) is 10.4 Å². The summed E-state index contributed by atoms with van der Waals surface area (Å²) in [5.74, 6) is 0. The van der Waals surface area contributed by atoms with Gasteiger partial charge in [-0.1, -0.05) is 0 Å². The molecule has 0 saturated heterocycles. The quantitative estimate of drug-likeness (QED) is 0.486. The SMILES string of the molecule is C#[C][Hg][CH2]C. The van der Waals surface area contributed by atoms with Crippen molar-refractivity contribution in [2.45, 2.75) is 10.9 Å². The Morgan fingerprint density at radius 3 is 2.60 bits per heavy atom. The van der Waals surface area contributed by atoms with E-state index in [4.69, 9.17) is 6.42 Å². The first-order valence-electron chi connectivity index (χ1n) is 1.85. The fourth-order valence-electron chi connectivity index (χ4n) is 0.144. The average Bonchev–Trinajstić information content (AvgIpc) is 1.41. The standard InChI is InChI=1S/C2H5.C2H.Hg/c2*1-2;/h1H2,2H3;1H;. The molecular weight excluding hydrogens is 249 g/mol. The molecule has 0 aromatic carbocycles. The number of hydrogen-bond donors (Lipinski definition) is 0. The van der Waals surface area contributed by atoms with Crippen LogP contribution < -0.4 is 0 Å². The Morgan fingerprint density at radius 2 is 2.60 bits per heavy atom. The van der Waals surface area contributed by atoms with E-state index in [1.54, 1.807) is 0 Å². The van der Waals surface area contributed by atoms with Gasteiger partial charge < -0.3 is 0 Å². The van der Waals surface area contributed by atoms with Crippen LogP contribution in [-0.4, -0.2) is 0 Å². The summed E-state index contributed by atoms with van der Waals surface area (Å²) < 4.78 is 4.07. The molecule has 1 heteroatoms. The summed E-state index contributed by atoms with van der Waals surface area (Å²) in [5.41, 5.74) is 0. The van der Waals surface area contributed by atoms with Crippen molar-refractivity contribution < 1.29 is 24.6 Å². The fraction of sp³-hybridized carbons (Fsp3) is 0.500. The molecule has 24 valence electrons. The molecule has 0 unspecified atom stereocenters. The fourth-order valence-corrected chi connectivity index (χ4v) is 1.27. The van der Waals surface area contributed by atoms with E-state index in [1.807, 2.05) is 0 Å². The van der Waals surface area contributed by atoms with E-state index in [0.717, 1.165) is 0 Å². The number of terminal acetylenes is 1. The molecule has 0 heterocycles. The summed E-state index contributed by atoms with van der Waals surface area (Å²) in [7, 11) is 0. The Balaban J connectivity index is 2.48. The van der Waals surface area contributed by atoms with Crippen LogP contribution in [0.2, 0.25) is 3.93 Å². The third-order valence-corrected chi connectivity index (χ3v) is 3.46. The van der Waals surface area contributed by atoms with Crippen LogP contribution in [-0.2, 0) is 24.6 Å². The second-order valence-electron chi connectivity index (χ2n) is 0.954. The van der Waals surface area contributed by atoms with Gasteiger partial charge in [-0.2, -0.15) is 0 Å². The molecule has 0 radical (unpaired) electrons. The van der Waals surface area contributed by atoms with Crippen LogP contribution in [0.1, 0.15) is 6.92 Å². The van der Waals surface area contributed by atoms with Crippen LogP contribution in [0.15, 0.2) is 0 Å². The van der Waals surface area contributed by atoms with Crippen molar-refractivity contribution in [3.63, 3.8) is 0 Å². The molecule has 0 fully saturated rings. The molecule has 0 aliphatic rings. The van der Waals surface area contributed by atoms with Gasteiger partial charge in [0.15, 0.2) is 0 Å². The van der Waals surface area contributed by atoms with Crippen molar-refractivity contribution >= 4 is 0 Å². The van der Waals surface area contributed by atoms with Crippen molar-refractivity contribution in [2.24, 2.45) is 0 Å². The van der Waals surface area contributed by atoms with Crippen LogP contribution in [0.4, 0.5) is 0 Å². The summed E-state index contributed by atoms with van der Waals surface area (Å²) in [6.45, 7) is 2.17. The van der Waals surface area contributed by atoms with Gasteiger partial charge in [0.2, 0.25) is 0 Å². The predicted octanol–water partition coefficient (Wildman–Crippen LogP) is 1.10. The first-order chi connectivity index (χ1) is 2.41. The Labute approximate surface area is 45.4 Å². The van der Waals surface area contributed by atoms with Crippen LogP contribution in [0.3, 0.4) is 0 Å². The maximum absolute atomic E-state index is 4.99. The molecule has 0 amide bonds. The van der Waals surface area contributed by atoms with E-state index in [9.17, 15) is 0 Å². The molecule has 5 heavy (non-hydrogen) atoms. The van der Waals surface area contributed by atoms with Gasteiger partial charge in [-0.05, 0) is 0 Å². The Kier molecular flexibility index (Phi) is 4.94. The molecule has 0 bridgehead atoms. The van der Waals surface area contributed by atoms with E-state index >= 15 is 0 Å². The van der Waals surface area contributed by atoms with Gasteiger partial charge in [0.1, 0.15) is 0 Å². The third-order valence-electron chi connectivity index (χ3n) is 0.394. The molecule has 0 rings (SSSR count). The van der Waals surface area contributed by atoms with Crippen LogP contribution in [0.5, 0.6) is 0 Å². The van der Waals surface area contributed by atoms with Gasteiger partial charge in [0, 0.05) is 0 Å². The van der Waals surface area contributed by atoms with Crippen molar-refractivity contribution in [1.82, 2.24) is 0 Å². The minimum absolute atomic E-state index is 0.614. The molecule has 0 N–H and O–H groups in total. The summed E-state index contributed by atoms with van der Waals surface area (Å²) in [6, 6.07) is 0. The minimum atomic E-state index is -0.614. The van der Waals surface area contributed by atoms with Gasteiger partial charge in [0.05, 0.1) is 0 Å². The normalized spacial score (nSPS) is 4.80. The third kappa shape index (κ3) is 4.50. The van der Waals surface area contributed by atoms with Gasteiger partial charge in [-0.25, -0.2) is 0 Å². The topological polar surface area (TPSA) is 0 Å². The van der Waals surface area contributed by atoms with Gasteiger partial charge in [-0.15, -0.1) is 0 Å². The first-order valence-corrected chi connectivity index (χ1v) is 8.49. The van der Waals surface area contributed by atoms with Crippen molar-refractivity contribution in [3.05, 3.63) is 0 Å². The second-order valence-corrected chi connectivity index (χ2v) is 8.37. The molecule has 0 nitrogen and oxygen atoms in total. The number of hydrogen-bond acceptors (Lipinski definition) is 0. The van der Waals surface area contributed by atoms with Crippen molar-refractivity contribution in [2.75, 3.05) is 0 Å². The molecule has 0 aromatic heterocycles. The van der Waals surface area contributed by atoms with Gasteiger partial charge in [-0.3, -0.25) is 0 Å². The summed E-state index contributed by atoms with van der Waals surface area (Å²) in [5, 5.41) is 0. The van der Waals surface area contributed by atoms with Gasteiger partial charge in [0.25, 0.3) is 0 Å². The summed E-state index contributed by atoms with van der Waals surface area (Å²) in [4.78, 5) is 0. The molecule has 0 aliphatic carbocycles. The van der Waals surface area contributed by atoms with Crippen LogP contribution >= 0.6 is 0 Å². The first kappa shape index (κ1) is 5.50.